The van der Waals surface area contributed by atoms with Crippen LogP contribution in [0.1, 0.15) is 39.5 Å². The molecule has 2 nitrogen and oxygen atoms in total. The molecule has 0 saturated carbocycles. The van der Waals surface area contributed by atoms with Gasteiger partial charge in [-0.1, -0.05) is 19.3 Å². The van der Waals surface area contributed by atoms with Crippen molar-refractivity contribution in [3.05, 3.63) is 0 Å². The first-order valence-corrected chi connectivity index (χ1v) is 4.42. The number of carbonyl (C=O) groups excluding carboxylic acids is 1. The van der Waals surface area contributed by atoms with E-state index in [2.05, 4.69) is 18.8 Å². The number of hydrogen-bond donors (Lipinski definition) is 0. The Labute approximate surface area is 74.3 Å². The molecule has 0 radical (unpaired) electrons. The predicted molar refractivity (Wildman–Crippen MR) is 48.6 cm³/mol. The average Bonchev–Trinajstić information content (AvgIpc) is 2.05. The molecule has 0 aliphatic carbocycles. The molecule has 0 bridgehead atoms. The molecule has 0 amide bonds. The van der Waals surface area contributed by atoms with E-state index in [1.165, 1.54) is 0 Å². The molecule has 0 atom stereocenters. The van der Waals surface area contributed by atoms with Gasteiger partial charge in [0.15, 0.2) is 0 Å². The van der Waals surface area contributed by atoms with Gasteiger partial charge < -0.3 is 4.74 Å². The van der Waals surface area contributed by atoms with Crippen molar-refractivity contribution in [1.29, 1.82) is 0 Å². The van der Waals surface area contributed by atoms with Crippen molar-refractivity contribution >= 4 is 5.97 Å². The van der Waals surface area contributed by atoms with Crippen molar-refractivity contribution in [3.63, 3.8) is 0 Å². The quantitative estimate of drug-likeness (QED) is 0.365. The summed E-state index contributed by atoms with van der Waals surface area (Å²) in [5.41, 5.74) is 0. The van der Waals surface area contributed by atoms with Crippen molar-refractivity contribution in [2.45, 2.75) is 39.5 Å². The molecule has 0 aliphatic heterocycles. The van der Waals surface area contributed by atoms with E-state index < -0.39 is 0 Å². The van der Waals surface area contributed by atoms with Gasteiger partial charge in [0.05, 0.1) is 6.61 Å². The molecule has 0 spiro atoms. The first kappa shape index (κ1) is 11.0. The third-order valence-corrected chi connectivity index (χ3v) is 1.32. The molecule has 0 heterocycles. The van der Waals surface area contributed by atoms with Crippen LogP contribution < -0.4 is 0 Å². The molecule has 0 saturated heterocycles. The fourth-order valence-electron chi connectivity index (χ4n) is 0.700. The zero-order valence-corrected chi connectivity index (χ0v) is 7.85. The Morgan fingerprint density at radius 2 is 2.08 bits per heavy atom. The van der Waals surface area contributed by atoms with Crippen molar-refractivity contribution in [3.8, 4) is 11.8 Å². The number of esters is 1. The molecule has 0 rings (SSSR count). The SMILES string of the molecule is CCCCC#CCC(=O)OCC. The lowest BCUT2D eigenvalue weighted by molar-refractivity contribution is -0.141. The van der Waals surface area contributed by atoms with Crippen LogP contribution in [0, 0.1) is 11.8 Å². The first-order chi connectivity index (χ1) is 5.81. The molecule has 12 heavy (non-hydrogen) atoms. The Hall–Kier alpha value is -0.970. The summed E-state index contributed by atoms with van der Waals surface area (Å²) in [5, 5.41) is 0. The van der Waals surface area contributed by atoms with Crippen LogP contribution >= 0.6 is 0 Å². The molecule has 0 aliphatic rings. The van der Waals surface area contributed by atoms with Gasteiger partial charge in [-0.05, 0) is 13.3 Å². The third-order valence-electron chi connectivity index (χ3n) is 1.32. The Morgan fingerprint density at radius 3 is 2.67 bits per heavy atom. The lowest BCUT2D eigenvalue weighted by Gasteiger charge is -1.94. The van der Waals surface area contributed by atoms with Crippen LogP contribution in [0.25, 0.3) is 0 Å². The standard InChI is InChI=1S/C10H16O2/c1-3-5-6-7-8-9-10(11)12-4-2/h3-6,9H2,1-2H3. The normalized spacial score (nSPS) is 8.50. The van der Waals surface area contributed by atoms with E-state index in [-0.39, 0.29) is 12.4 Å². The van der Waals surface area contributed by atoms with Gasteiger partial charge in [-0.15, -0.1) is 5.92 Å². The maximum Gasteiger partial charge on any atom is 0.317 e. The second-order valence-electron chi connectivity index (χ2n) is 2.44. The van der Waals surface area contributed by atoms with Gasteiger partial charge in [0.2, 0.25) is 0 Å². The van der Waals surface area contributed by atoms with Crippen LogP contribution in [0.15, 0.2) is 0 Å². The Kier molecular flexibility index (Phi) is 7.47. The second-order valence-corrected chi connectivity index (χ2v) is 2.44. The van der Waals surface area contributed by atoms with Gasteiger partial charge in [-0.25, -0.2) is 0 Å². The Morgan fingerprint density at radius 1 is 1.33 bits per heavy atom. The monoisotopic (exact) mass is 168 g/mol. The molecule has 0 N–H and O–H groups in total. The number of rotatable bonds is 4. The van der Waals surface area contributed by atoms with Crippen molar-refractivity contribution in [2.75, 3.05) is 6.61 Å². The van der Waals surface area contributed by atoms with E-state index in [0.29, 0.717) is 6.61 Å². The zero-order valence-electron chi connectivity index (χ0n) is 7.85. The molecule has 0 fully saturated rings. The number of unbranched alkanes of at least 4 members (excludes halogenated alkanes) is 2. The van der Waals surface area contributed by atoms with E-state index in [4.69, 9.17) is 4.74 Å². The summed E-state index contributed by atoms with van der Waals surface area (Å²) in [5.74, 6) is 5.48. The number of carbonyl (C=O) groups is 1. The van der Waals surface area contributed by atoms with E-state index in [1.807, 2.05) is 0 Å². The van der Waals surface area contributed by atoms with Crippen molar-refractivity contribution in [1.82, 2.24) is 0 Å². The van der Waals surface area contributed by atoms with Gasteiger partial charge in [0, 0.05) is 6.42 Å². The lowest BCUT2D eigenvalue weighted by atomic mass is 10.2. The largest absolute Gasteiger partial charge is 0.465 e. The second kappa shape index (κ2) is 8.13. The predicted octanol–water partition coefficient (Wildman–Crippen LogP) is 2.13. The minimum atomic E-state index is -0.221. The van der Waals surface area contributed by atoms with Gasteiger partial charge in [-0.2, -0.15) is 0 Å². The van der Waals surface area contributed by atoms with E-state index in [9.17, 15) is 4.79 Å². The van der Waals surface area contributed by atoms with Crippen LogP contribution in [0.3, 0.4) is 0 Å². The highest BCUT2D eigenvalue weighted by atomic mass is 16.5. The molecular formula is C10H16O2. The fourth-order valence-corrected chi connectivity index (χ4v) is 0.700. The maximum atomic E-state index is 10.8. The Balaban J connectivity index is 3.36. The summed E-state index contributed by atoms with van der Waals surface area (Å²) in [6, 6.07) is 0. The van der Waals surface area contributed by atoms with Gasteiger partial charge in [-0.3, -0.25) is 4.79 Å². The minimum absolute atomic E-state index is 0.221. The smallest absolute Gasteiger partial charge is 0.317 e. The molecule has 0 aromatic carbocycles. The highest BCUT2D eigenvalue weighted by Gasteiger charge is 1.94. The number of hydrogen-bond acceptors (Lipinski definition) is 2. The summed E-state index contributed by atoms with van der Waals surface area (Å²) in [7, 11) is 0. The zero-order chi connectivity index (χ0) is 9.23. The lowest BCUT2D eigenvalue weighted by Crippen LogP contribution is -2.01. The molecule has 0 unspecified atom stereocenters. The van der Waals surface area contributed by atoms with Crippen LogP contribution in [-0.4, -0.2) is 12.6 Å². The summed E-state index contributed by atoms with van der Waals surface area (Å²) < 4.78 is 4.71. The van der Waals surface area contributed by atoms with Gasteiger partial charge >= 0.3 is 5.97 Å². The van der Waals surface area contributed by atoms with E-state index >= 15 is 0 Å². The average molecular weight is 168 g/mol. The molecule has 0 aromatic rings. The van der Waals surface area contributed by atoms with Crippen molar-refractivity contribution in [2.24, 2.45) is 0 Å². The van der Waals surface area contributed by atoms with Crippen LogP contribution in [-0.2, 0) is 9.53 Å². The van der Waals surface area contributed by atoms with Crippen LogP contribution in [0.5, 0.6) is 0 Å². The third kappa shape index (κ3) is 7.14. The Bertz CT molecular complexity index is 174. The summed E-state index contributed by atoms with van der Waals surface area (Å²) in [6.45, 7) is 4.35. The van der Waals surface area contributed by atoms with Crippen LogP contribution in [0.4, 0.5) is 0 Å². The fraction of sp³-hybridized carbons (Fsp3) is 0.700. The highest BCUT2D eigenvalue weighted by Crippen LogP contribution is 1.91. The molecular weight excluding hydrogens is 152 g/mol. The van der Waals surface area contributed by atoms with Crippen LogP contribution in [0.2, 0.25) is 0 Å². The topological polar surface area (TPSA) is 26.3 Å². The van der Waals surface area contributed by atoms with Gasteiger partial charge in [0.25, 0.3) is 0 Å². The molecule has 2 heteroatoms. The highest BCUT2D eigenvalue weighted by molar-refractivity contribution is 5.72. The molecule has 0 aromatic heterocycles. The minimum Gasteiger partial charge on any atom is -0.465 e. The molecule has 68 valence electrons. The summed E-state index contributed by atoms with van der Waals surface area (Å²) in [4.78, 5) is 10.8. The summed E-state index contributed by atoms with van der Waals surface area (Å²) >= 11 is 0. The summed E-state index contributed by atoms with van der Waals surface area (Å²) in [6.07, 6.45) is 3.37. The van der Waals surface area contributed by atoms with Gasteiger partial charge in [0.1, 0.15) is 6.42 Å². The maximum absolute atomic E-state index is 10.8. The van der Waals surface area contributed by atoms with E-state index in [1.54, 1.807) is 6.92 Å². The van der Waals surface area contributed by atoms with E-state index in [0.717, 1.165) is 19.3 Å². The number of ether oxygens (including phenoxy) is 1. The van der Waals surface area contributed by atoms with Crippen molar-refractivity contribution < 1.29 is 9.53 Å². The first-order valence-electron chi connectivity index (χ1n) is 4.42.